The summed E-state index contributed by atoms with van der Waals surface area (Å²) in [5, 5.41) is 8.49. The monoisotopic (exact) mass is 562 g/mol. The highest BCUT2D eigenvalue weighted by Crippen LogP contribution is 2.37. The Morgan fingerprint density at radius 2 is 1.82 bits per heavy atom. The fourth-order valence-electron chi connectivity index (χ4n) is 4.42. The van der Waals surface area contributed by atoms with Gasteiger partial charge in [-0.15, -0.1) is 5.06 Å². The van der Waals surface area contributed by atoms with Crippen LogP contribution in [0.4, 0.5) is 23.1 Å². The number of hydroxylamine groups is 2. The Hall–Kier alpha value is -4.09. The molecule has 0 unspecified atom stereocenters. The summed E-state index contributed by atoms with van der Waals surface area (Å²) in [7, 11) is -1.65. The van der Waals surface area contributed by atoms with Crippen molar-refractivity contribution in [3.8, 4) is 5.75 Å². The van der Waals surface area contributed by atoms with Crippen molar-refractivity contribution in [1.82, 2.24) is 20.0 Å². The topological polar surface area (TPSA) is 121 Å². The molecule has 0 spiro atoms. The quantitative estimate of drug-likeness (QED) is 0.227. The molecule has 0 bridgehead atoms. The van der Waals surface area contributed by atoms with E-state index in [9.17, 15) is 8.42 Å². The van der Waals surface area contributed by atoms with Gasteiger partial charge in [0, 0.05) is 18.8 Å². The zero-order valence-corrected chi connectivity index (χ0v) is 24.3. The predicted octanol–water partition coefficient (Wildman–Crippen LogP) is 5.94. The molecule has 11 heteroatoms. The zero-order chi connectivity index (χ0) is 28.6. The van der Waals surface area contributed by atoms with Crippen molar-refractivity contribution in [2.45, 2.75) is 50.9 Å². The molecule has 3 heterocycles. The highest BCUT2D eigenvalue weighted by molar-refractivity contribution is 7.92. The number of sulfone groups is 1. The Kier molecular flexibility index (Phi) is 7.43. The number of fused-ring (bicyclic) bond motifs is 1. The van der Waals surface area contributed by atoms with Gasteiger partial charge in [-0.05, 0) is 76.6 Å². The van der Waals surface area contributed by atoms with Gasteiger partial charge in [-0.25, -0.2) is 8.42 Å². The molecule has 0 radical (unpaired) electrons. The zero-order valence-electron chi connectivity index (χ0n) is 23.4. The number of benzene rings is 2. The van der Waals surface area contributed by atoms with Crippen LogP contribution in [0.1, 0.15) is 38.8 Å². The molecule has 2 aromatic heterocycles. The van der Waals surface area contributed by atoms with Crippen LogP contribution in [0.5, 0.6) is 5.75 Å². The molecule has 4 aromatic rings. The maximum atomic E-state index is 13.1. The Bertz CT molecular complexity index is 1690. The van der Waals surface area contributed by atoms with E-state index in [0.29, 0.717) is 41.1 Å². The lowest BCUT2D eigenvalue weighted by atomic mass is 10.0. The molecule has 2 aromatic carbocycles. The van der Waals surface area contributed by atoms with Crippen LogP contribution >= 0.6 is 0 Å². The summed E-state index contributed by atoms with van der Waals surface area (Å²) in [5.41, 5.74) is 3.64. The smallest absolute Gasteiger partial charge is 0.231 e. The second kappa shape index (κ2) is 10.8. The highest BCUT2D eigenvalue weighted by Gasteiger charge is 2.24. The highest BCUT2D eigenvalue weighted by atomic mass is 32.2. The number of rotatable bonds is 9. The van der Waals surface area contributed by atoms with Gasteiger partial charge in [-0.3, -0.25) is 0 Å². The third kappa shape index (κ3) is 5.47. The van der Waals surface area contributed by atoms with Crippen molar-refractivity contribution >= 4 is 49.8 Å². The van der Waals surface area contributed by atoms with Gasteiger partial charge >= 0.3 is 0 Å². The Morgan fingerprint density at radius 3 is 2.52 bits per heavy atom. The van der Waals surface area contributed by atoms with Gasteiger partial charge < -0.3 is 25.2 Å². The van der Waals surface area contributed by atoms with E-state index < -0.39 is 15.1 Å². The summed E-state index contributed by atoms with van der Waals surface area (Å²) < 4.78 is 32.2. The first-order valence-electron chi connectivity index (χ1n) is 13.2. The van der Waals surface area contributed by atoms with Crippen LogP contribution in [0.25, 0.3) is 16.8 Å². The molecule has 0 amide bonds. The summed E-state index contributed by atoms with van der Waals surface area (Å²) in [4.78, 5) is 18.6. The Labute approximate surface area is 234 Å². The minimum Gasteiger partial charge on any atom is -0.489 e. The van der Waals surface area contributed by atoms with Gasteiger partial charge in [0.2, 0.25) is 5.95 Å². The molecule has 0 fully saturated rings. The molecule has 1 aliphatic heterocycles. The summed E-state index contributed by atoms with van der Waals surface area (Å²) in [6, 6.07) is 12.6. The summed E-state index contributed by atoms with van der Waals surface area (Å²) in [5.74, 6) is 2.19. The third-order valence-corrected chi connectivity index (χ3v) is 8.68. The van der Waals surface area contributed by atoms with Crippen molar-refractivity contribution in [2.75, 3.05) is 24.2 Å². The first kappa shape index (κ1) is 27.5. The van der Waals surface area contributed by atoms with E-state index in [-0.39, 0.29) is 11.0 Å². The van der Waals surface area contributed by atoms with Crippen LogP contribution in [0.15, 0.2) is 59.6 Å². The molecule has 0 aliphatic carbocycles. The molecule has 0 atom stereocenters. The van der Waals surface area contributed by atoms with Crippen LogP contribution < -0.4 is 15.4 Å². The average molecular weight is 563 g/mol. The van der Waals surface area contributed by atoms with Crippen molar-refractivity contribution in [3.63, 3.8) is 0 Å². The second-order valence-corrected chi connectivity index (χ2v) is 12.7. The van der Waals surface area contributed by atoms with Gasteiger partial charge in [-0.1, -0.05) is 12.1 Å². The standard InChI is InChI=1S/C29H34N6O4S/c1-17(2)38-25-15-19(5)21(24-12-14-35(6)39-24)16-23(25)32-29-33-27-20(11-13-30-27)28(34-29)31-22-9-7-8-10-26(22)40(36,37)18(3)4/h7-13,15-18H,14H2,1-6H3,(H3,30,31,32,33,34). The number of para-hydroxylation sites is 1. The SMILES string of the molecule is Cc1cc(OC(C)C)c(Nc2nc(Nc3ccccc3S(=O)(=O)C(C)C)c3cc[nH]c3n2)cc1C1=CCN(C)O1. The van der Waals surface area contributed by atoms with E-state index in [1.165, 1.54) is 0 Å². The number of H-pyrrole nitrogens is 1. The maximum absolute atomic E-state index is 13.1. The van der Waals surface area contributed by atoms with Gasteiger partial charge in [0.1, 0.15) is 17.2 Å². The van der Waals surface area contributed by atoms with Crippen LogP contribution in [-0.4, -0.2) is 53.4 Å². The predicted molar refractivity (Wildman–Crippen MR) is 158 cm³/mol. The lowest BCUT2D eigenvalue weighted by Gasteiger charge is -2.19. The Morgan fingerprint density at radius 1 is 1.05 bits per heavy atom. The minimum absolute atomic E-state index is 0.0534. The maximum Gasteiger partial charge on any atom is 0.231 e. The summed E-state index contributed by atoms with van der Waals surface area (Å²) in [6.45, 7) is 9.98. The van der Waals surface area contributed by atoms with E-state index in [4.69, 9.17) is 14.6 Å². The lowest BCUT2D eigenvalue weighted by molar-refractivity contribution is -0.0340. The summed E-state index contributed by atoms with van der Waals surface area (Å²) in [6.07, 6.45) is 3.74. The van der Waals surface area contributed by atoms with Crippen LogP contribution in [0.3, 0.4) is 0 Å². The van der Waals surface area contributed by atoms with E-state index in [0.717, 1.165) is 22.3 Å². The number of nitrogens with zero attached hydrogens (tertiary/aromatic N) is 3. The van der Waals surface area contributed by atoms with E-state index in [2.05, 4.69) is 20.6 Å². The number of hydrogen-bond acceptors (Lipinski definition) is 9. The molecule has 210 valence electrons. The number of aromatic nitrogens is 3. The van der Waals surface area contributed by atoms with Gasteiger partial charge in [0.15, 0.2) is 15.6 Å². The lowest BCUT2D eigenvalue weighted by Crippen LogP contribution is -2.15. The van der Waals surface area contributed by atoms with Crippen molar-refractivity contribution in [2.24, 2.45) is 0 Å². The fraction of sp³-hybridized carbons (Fsp3) is 0.310. The molecular weight excluding hydrogens is 528 g/mol. The summed E-state index contributed by atoms with van der Waals surface area (Å²) >= 11 is 0. The molecule has 1 aliphatic rings. The van der Waals surface area contributed by atoms with Crippen LogP contribution in [0.2, 0.25) is 0 Å². The first-order valence-corrected chi connectivity index (χ1v) is 14.7. The third-order valence-electron chi connectivity index (χ3n) is 6.47. The van der Waals surface area contributed by atoms with Gasteiger partial charge in [-0.2, -0.15) is 9.97 Å². The molecular formula is C29H34N6O4S. The number of hydrogen-bond donors (Lipinski definition) is 3. The number of nitrogens with one attached hydrogen (secondary N) is 3. The molecule has 3 N–H and O–H groups in total. The minimum atomic E-state index is -3.53. The molecule has 0 saturated heterocycles. The molecule has 40 heavy (non-hydrogen) atoms. The molecule has 10 nitrogen and oxygen atoms in total. The number of likely N-dealkylation sites (N-methyl/N-ethyl adjacent to an activating group) is 1. The molecule has 5 rings (SSSR count). The molecule has 0 saturated carbocycles. The van der Waals surface area contributed by atoms with Crippen molar-refractivity contribution in [3.05, 3.63) is 65.9 Å². The fourth-order valence-corrected chi connectivity index (χ4v) is 5.62. The normalized spacial score (nSPS) is 14.1. The van der Waals surface area contributed by atoms with Gasteiger partial charge in [0.05, 0.1) is 39.6 Å². The van der Waals surface area contributed by atoms with E-state index in [1.807, 2.05) is 52.1 Å². The Balaban J connectivity index is 1.56. The largest absolute Gasteiger partial charge is 0.489 e. The second-order valence-electron chi connectivity index (χ2n) is 10.3. The first-order chi connectivity index (χ1) is 19.0. The average Bonchev–Trinajstić information content (AvgIpc) is 3.54. The number of aryl methyl sites for hydroxylation is 1. The van der Waals surface area contributed by atoms with E-state index in [1.54, 1.807) is 49.4 Å². The van der Waals surface area contributed by atoms with Crippen molar-refractivity contribution < 1.29 is 18.0 Å². The number of aromatic amines is 1. The number of anilines is 4. The van der Waals surface area contributed by atoms with Crippen LogP contribution in [0, 0.1) is 6.92 Å². The van der Waals surface area contributed by atoms with Crippen LogP contribution in [-0.2, 0) is 14.7 Å². The van der Waals surface area contributed by atoms with E-state index >= 15 is 0 Å². The van der Waals surface area contributed by atoms with Crippen molar-refractivity contribution in [1.29, 1.82) is 0 Å². The van der Waals surface area contributed by atoms with Gasteiger partial charge in [0.25, 0.3) is 0 Å². The number of ether oxygens (including phenoxy) is 1.